The van der Waals surface area contributed by atoms with Crippen molar-refractivity contribution in [1.82, 2.24) is 15.0 Å². The SMILES string of the molecule is Cc1nc2cc(NC(=O)c3cccc(C(=O)Nc4ccc5oc(C)nc5c4)n3)ccc2o1. The van der Waals surface area contributed by atoms with Crippen molar-refractivity contribution in [3.63, 3.8) is 0 Å². The van der Waals surface area contributed by atoms with Crippen LogP contribution in [0.3, 0.4) is 0 Å². The quantitative estimate of drug-likeness (QED) is 0.433. The third kappa shape index (κ3) is 3.79. The Morgan fingerprint density at radius 1 is 0.688 bits per heavy atom. The Labute approximate surface area is 181 Å². The predicted octanol–water partition coefficient (Wildman–Crippen LogP) is 4.49. The Bertz CT molecular complexity index is 1390. The molecule has 0 radical (unpaired) electrons. The molecule has 32 heavy (non-hydrogen) atoms. The average Bonchev–Trinajstić information content (AvgIpc) is 3.33. The van der Waals surface area contributed by atoms with Crippen molar-refractivity contribution in [2.45, 2.75) is 13.8 Å². The van der Waals surface area contributed by atoms with E-state index in [2.05, 4.69) is 25.6 Å². The van der Waals surface area contributed by atoms with E-state index in [4.69, 9.17) is 8.83 Å². The number of pyridine rings is 1. The van der Waals surface area contributed by atoms with Gasteiger partial charge in [0.2, 0.25) is 0 Å². The molecule has 0 saturated heterocycles. The van der Waals surface area contributed by atoms with Crippen LogP contribution in [0, 0.1) is 13.8 Å². The van der Waals surface area contributed by atoms with Gasteiger partial charge in [0.25, 0.3) is 11.8 Å². The number of hydrogen-bond acceptors (Lipinski definition) is 7. The number of aromatic nitrogens is 3. The lowest BCUT2D eigenvalue weighted by Crippen LogP contribution is -2.18. The Morgan fingerprint density at radius 2 is 1.16 bits per heavy atom. The summed E-state index contributed by atoms with van der Waals surface area (Å²) in [6, 6.07) is 15.0. The molecule has 3 aromatic heterocycles. The lowest BCUT2D eigenvalue weighted by Gasteiger charge is -2.07. The van der Waals surface area contributed by atoms with Crippen molar-refractivity contribution < 1.29 is 18.4 Å². The summed E-state index contributed by atoms with van der Waals surface area (Å²) in [7, 11) is 0. The first-order chi connectivity index (χ1) is 15.4. The van der Waals surface area contributed by atoms with Gasteiger partial charge < -0.3 is 19.5 Å². The minimum atomic E-state index is -0.446. The van der Waals surface area contributed by atoms with Gasteiger partial charge in [-0.05, 0) is 48.5 Å². The number of rotatable bonds is 4. The second-order valence-electron chi connectivity index (χ2n) is 7.15. The van der Waals surface area contributed by atoms with Crippen LogP contribution in [0.1, 0.15) is 32.8 Å². The van der Waals surface area contributed by atoms with Crippen molar-refractivity contribution in [1.29, 1.82) is 0 Å². The summed E-state index contributed by atoms with van der Waals surface area (Å²) in [6.07, 6.45) is 0. The molecule has 2 aromatic carbocycles. The van der Waals surface area contributed by atoms with Gasteiger partial charge in [-0.2, -0.15) is 0 Å². The molecule has 0 spiro atoms. The van der Waals surface area contributed by atoms with Crippen LogP contribution >= 0.6 is 0 Å². The highest BCUT2D eigenvalue weighted by atomic mass is 16.3. The van der Waals surface area contributed by atoms with Crippen LogP contribution in [0.5, 0.6) is 0 Å². The smallest absolute Gasteiger partial charge is 0.274 e. The van der Waals surface area contributed by atoms with Gasteiger partial charge in [-0.25, -0.2) is 15.0 Å². The molecular weight excluding hydrogens is 410 g/mol. The maximum atomic E-state index is 12.7. The van der Waals surface area contributed by atoms with Gasteiger partial charge in [0.05, 0.1) is 0 Å². The zero-order chi connectivity index (χ0) is 22.2. The fourth-order valence-electron chi connectivity index (χ4n) is 3.32. The molecule has 3 heterocycles. The maximum absolute atomic E-state index is 12.7. The van der Waals surface area contributed by atoms with Crippen LogP contribution in [0.25, 0.3) is 22.2 Å². The highest BCUT2D eigenvalue weighted by molar-refractivity contribution is 6.06. The number of nitrogens with zero attached hydrogens (tertiary/aromatic N) is 3. The van der Waals surface area contributed by atoms with Crippen LogP contribution < -0.4 is 10.6 Å². The van der Waals surface area contributed by atoms with E-state index in [1.54, 1.807) is 56.3 Å². The van der Waals surface area contributed by atoms with Gasteiger partial charge in [0.15, 0.2) is 22.9 Å². The molecule has 158 valence electrons. The summed E-state index contributed by atoms with van der Waals surface area (Å²) in [5.41, 5.74) is 3.86. The fraction of sp³-hybridized carbons (Fsp3) is 0.0870. The number of fused-ring (bicyclic) bond motifs is 2. The summed E-state index contributed by atoms with van der Waals surface area (Å²) in [5, 5.41) is 5.53. The first-order valence-corrected chi connectivity index (χ1v) is 9.79. The highest BCUT2D eigenvalue weighted by Crippen LogP contribution is 2.21. The molecule has 0 aliphatic carbocycles. The molecule has 5 aromatic rings. The van der Waals surface area contributed by atoms with Gasteiger partial charge in [-0.15, -0.1) is 0 Å². The van der Waals surface area contributed by atoms with Crippen LogP contribution in [-0.4, -0.2) is 26.8 Å². The van der Waals surface area contributed by atoms with Gasteiger partial charge >= 0.3 is 0 Å². The first-order valence-electron chi connectivity index (χ1n) is 9.79. The van der Waals surface area contributed by atoms with E-state index >= 15 is 0 Å². The average molecular weight is 427 g/mol. The Morgan fingerprint density at radius 3 is 1.62 bits per heavy atom. The Hall–Kier alpha value is -4.53. The zero-order valence-corrected chi connectivity index (χ0v) is 17.2. The number of nitrogens with one attached hydrogen (secondary N) is 2. The van der Waals surface area contributed by atoms with Crippen molar-refractivity contribution in [2.24, 2.45) is 0 Å². The molecule has 0 atom stereocenters. The van der Waals surface area contributed by atoms with E-state index < -0.39 is 11.8 Å². The highest BCUT2D eigenvalue weighted by Gasteiger charge is 2.14. The van der Waals surface area contributed by atoms with E-state index in [9.17, 15) is 9.59 Å². The molecule has 5 rings (SSSR count). The van der Waals surface area contributed by atoms with E-state index in [-0.39, 0.29) is 11.4 Å². The van der Waals surface area contributed by atoms with Gasteiger partial charge in [-0.1, -0.05) is 6.07 Å². The van der Waals surface area contributed by atoms with Crippen molar-refractivity contribution in [2.75, 3.05) is 10.6 Å². The molecule has 9 heteroatoms. The molecule has 0 bridgehead atoms. The van der Waals surface area contributed by atoms with E-state index in [1.807, 2.05) is 0 Å². The Balaban J connectivity index is 1.32. The zero-order valence-electron chi connectivity index (χ0n) is 17.2. The third-order valence-electron chi connectivity index (χ3n) is 4.72. The molecular formula is C23H17N5O4. The van der Waals surface area contributed by atoms with Gasteiger partial charge in [0.1, 0.15) is 22.4 Å². The van der Waals surface area contributed by atoms with Crippen molar-refractivity contribution >= 4 is 45.4 Å². The monoisotopic (exact) mass is 427 g/mol. The topological polar surface area (TPSA) is 123 Å². The molecule has 0 aliphatic rings. The first kappa shape index (κ1) is 19.4. The molecule has 9 nitrogen and oxygen atoms in total. The van der Waals surface area contributed by atoms with Gasteiger partial charge in [0, 0.05) is 25.2 Å². The lowest BCUT2D eigenvalue weighted by molar-refractivity contribution is 0.101. The third-order valence-corrected chi connectivity index (χ3v) is 4.72. The molecule has 0 unspecified atom stereocenters. The summed E-state index contributed by atoms with van der Waals surface area (Å²) < 4.78 is 10.9. The molecule has 0 fully saturated rings. The molecule has 0 saturated carbocycles. The lowest BCUT2D eigenvalue weighted by atomic mass is 10.2. The second kappa shape index (κ2) is 7.62. The number of amides is 2. The standard InChI is InChI=1S/C23H17N5O4/c1-12-24-18-10-14(6-8-20(18)31-12)26-22(29)16-4-3-5-17(28-16)23(30)27-15-7-9-21-19(11-15)25-13(2)32-21/h3-11H,1-2H3,(H,26,29)(H,27,30). The maximum Gasteiger partial charge on any atom is 0.274 e. The van der Waals surface area contributed by atoms with Gasteiger partial charge in [-0.3, -0.25) is 9.59 Å². The van der Waals surface area contributed by atoms with E-state index in [1.165, 1.54) is 12.1 Å². The minimum Gasteiger partial charge on any atom is -0.441 e. The summed E-state index contributed by atoms with van der Waals surface area (Å²) in [4.78, 5) is 38.1. The number of aryl methyl sites for hydroxylation is 2. The number of anilines is 2. The van der Waals surface area contributed by atoms with E-state index in [0.717, 1.165) is 0 Å². The number of carbonyl (C=O) groups is 2. The normalized spacial score (nSPS) is 11.1. The summed E-state index contributed by atoms with van der Waals surface area (Å²) >= 11 is 0. The van der Waals surface area contributed by atoms with Crippen molar-refractivity contribution in [3.8, 4) is 0 Å². The molecule has 0 aliphatic heterocycles. The molecule has 2 N–H and O–H groups in total. The van der Waals surface area contributed by atoms with Crippen LogP contribution in [-0.2, 0) is 0 Å². The fourth-order valence-corrected chi connectivity index (χ4v) is 3.32. The predicted molar refractivity (Wildman–Crippen MR) is 118 cm³/mol. The summed E-state index contributed by atoms with van der Waals surface area (Å²) in [5.74, 6) is 0.195. The largest absolute Gasteiger partial charge is 0.441 e. The number of benzene rings is 2. The van der Waals surface area contributed by atoms with Crippen LogP contribution in [0.15, 0.2) is 63.4 Å². The van der Waals surface area contributed by atoms with Crippen LogP contribution in [0.2, 0.25) is 0 Å². The molecule has 2 amide bonds. The van der Waals surface area contributed by atoms with Crippen molar-refractivity contribution in [3.05, 3.63) is 77.8 Å². The number of hydrogen-bond donors (Lipinski definition) is 2. The summed E-state index contributed by atoms with van der Waals surface area (Å²) in [6.45, 7) is 3.51. The Kier molecular flexibility index (Phi) is 4.63. The number of oxazole rings is 2. The van der Waals surface area contributed by atoms with Crippen LogP contribution in [0.4, 0.5) is 11.4 Å². The van der Waals surface area contributed by atoms with E-state index in [0.29, 0.717) is 45.4 Å². The number of carbonyl (C=O) groups excluding carboxylic acids is 2. The second-order valence-corrected chi connectivity index (χ2v) is 7.15. The minimum absolute atomic E-state index is 0.108.